The number of morpholine rings is 1. The molecule has 0 saturated carbocycles. The molecule has 3 rings (SSSR count). The van der Waals surface area contributed by atoms with Crippen LogP contribution < -0.4 is 10.6 Å². The first-order valence-corrected chi connectivity index (χ1v) is 8.07. The van der Waals surface area contributed by atoms with Crippen LogP contribution in [0.3, 0.4) is 0 Å². The number of nitrogens with zero attached hydrogens (tertiary/aromatic N) is 2. The molecule has 2 aliphatic heterocycles. The summed E-state index contributed by atoms with van der Waals surface area (Å²) in [5, 5.41) is 0. The molecule has 22 heavy (non-hydrogen) atoms. The van der Waals surface area contributed by atoms with Gasteiger partial charge in [-0.15, -0.1) is 0 Å². The van der Waals surface area contributed by atoms with Crippen molar-refractivity contribution >= 4 is 11.6 Å². The van der Waals surface area contributed by atoms with Crippen molar-refractivity contribution in [3.8, 4) is 0 Å². The van der Waals surface area contributed by atoms with Crippen molar-refractivity contribution in [3.05, 3.63) is 29.8 Å². The molecule has 0 radical (unpaired) electrons. The van der Waals surface area contributed by atoms with Gasteiger partial charge in [0, 0.05) is 38.4 Å². The van der Waals surface area contributed by atoms with Gasteiger partial charge in [0.15, 0.2) is 5.60 Å². The molecule has 0 aromatic heterocycles. The van der Waals surface area contributed by atoms with Gasteiger partial charge in [0.2, 0.25) is 0 Å². The minimum atomic E-state index is -0.874. The SMILES string of the molecule is C[C@@]1(C(N)=O)CN(Cc2ccccc2N2CCCC2)CCO1. The van der Waals surface area contributed by atoms with Crippen LogP contribution >= 0.6 is 0 Å². The first-order chi connectivity index (χ1) is 10.6. The van der Waals surface area contributed by atoms with Crippen molar-refractivity contribution < 1.29 is 9.53 Å². The largest absolute Gasteiger partial charge is 0.371 e. The highest BCUT2D eigenvalue weighted by Crippen LogP contribution is 2.27. The normalized spacial score (nSPS) is 26.3. The van der Waals surface area contributed by atoms with Gasteiger partial charge in [-0.3, -0.25) is 9.69 Å². The maximum absolute atomic E-state index is 11.6. The predicted octanol–water partition coefficient (Wildman–Crippen LogP) is 1.36. The Morgan fingerprint density at radius 3 is 2.73 bits per heavy atom. The van der Waals surface area contributed by atoms with Crippen LogP contribution in [0.2, 0.25) is 0 Å². The third-order valence-electron chi connectivity index (χ3n) is 4.71. The van der Waals surface area contributed by atoms with Crippen LogP contribution in [0.5, 0.6) is 0 Å². The standard InChI is InChI=1S/C17H25N3O2/c1-17(16(18)21)13-19(10-11-22-17)12-14-6-2-3-7-15(14)20-8-4-5-9-20/h2-3,6-7H,4-5,8-13H2,1H3,(H2,18,21)/t17-/m0/s1. The van der Waals surface area contributed by atoms with Gasteiger partial charge in [0.25, 0.3) is 5.91 Å². The molecular weight excluding hydrogens is 278 g/mol. The monoisotopic (exact) mass is 303 g/mol. The summed E-state index contributed by atoms with van der Waals surface area (Å²) in [5.41, 5.74) is 7.26. The van der Waals surface area contributed by atoms with Crippen molar-refractivity contribution in [2.24, 2.45) is 5.73 Å². The summed E-state index contributed by atoms with van der Waals surface area (Å²) in [5.74, 6) is -0.384. The van der Waals surface area contributed by atoms with Crippen molar-refractivity contribution in [2.45, 2.75) is 31.9 Å². The number of carbonyl (C=O) groups excluding carboxylic acids is 1. The lowest BCUT2D eigenvalue weighted by Crippen LogP contribution is -2.56. The molecule has 2 N–H and O–H groups in total. The van der Waals surface area contributed by atoms with Crippen LogP contribution in [0.1, 0.15) is 25.3 Å². The van der Waals surface area contributed by atoms with Gasteiger partial charge in [-0.05, 0) is 31.4 Å². The second-order valence-electron chi connectivity index (χ2n) is 6.48. The van der Waals surface area contributed by atoms with E-state index in [0.29, 0.717) is 13.2 Å². The minimum Gasteiger partial charge on any atom is -0.371 e. The van der Waals surface area contributed by atoms with Gasteiger partial charge in [-0.2, -0.15) is 0 Å². The second kappa shape index (κ2) is 6.26. The van der Waals surface area contributed by atoms with E-state index in [1.54, 1.807) is 6.92 Å². The number of hydrogen-bond donors (Lipinski definition) is 1. The smallest absolute Gasteiger partial charge is 0.250 e. The summed E-state index contributed by atoms with van der Waals surface area (Å²) < 4.78 is 5.60. The molecule has 2 heterocycles. The highest BCUT2D eigenvalue weighted by atomic mass is 16.5. The highest BCUT2D eigenvalue weighted by Gasteiger charge is 2.37. The first kappa shape index (κ1) is 15.3. The molecule has 0 aliphatic carbocycles. The average Bonchev–Trinajstić information content (AvgIpc) is 3.02. The van der Waals surface area contributed by atoms with Crippen LogP contribution in [-0.4, -0.2) is 49.2 Å². The number of para-hydroxylation sites is 1. The van der Waals surface area contributed by atoms with Crippen molar-refractivity contribution in [2.75, 3.05) is 37.7 Å². The quantitative estimate of drug-likeness (QED) is 0.912. The van der Waals surface area contributed by atoms with E-state index in [-0.39, 0.29) is 5.91 Å². The Labute approximate surface area is 132 Å². The Bertz CT molecular complexity index is 542. The molecule has 5 nitrogen and oxygen atoms in total. The number of nitrogens with two attached hydrogens (primary N) is 1. The number of benzene rings is 1. The van der Waals surface area contributed by atoms with Gasteiger partial charge in [-0.1, -0.05) is 18.2 Å². The molecule has 1 atom stereocenters. The summed E-state index contributed by atoms with van der Waals surface area (Å²) in [6, 6.07) is 8.58. The van der Waals surface area contributed by atoms with Gasteiger partial charge in [0.05, 0.1) is 6.61 Å². The van der Waals surface area contributed by atoms with E-state index >= 15 is 0 Å². The highest BCUT2D eigenvalue weighted by molar-refractivity contribution is 5.83. The molecular formula is C17H25N3O2. The minimum absolute atomic E-state index is 0.384. The molecule has 2 saturated heterocycles. The fraction of sp³-hybridized carbons (Fsp3) is 0.588. The third-order valence-corrected chi connectivity index (χ3v) is 4.71. The van der Waals surface area contributed by atoms with Crippen molar-refractivity contribution in [3.63, 3.8) is 0 Å². The predicted molar refractivity (Wildman–Crippen MR) is 86.7 cm³/mol. The number of primary amides is 1. The van der Waals surface area contributed by atoms with E-state index in [0.717, 1.165) is 26.2 Å². The number of carbonyl (C=O) groups is 1. The number of hydrogen-bond acceptors (Lipinski definition) is 4. The van der Waals surface area contributed by atoms with E-state index in [4.69, 9.17) is 10.5 Å². The van der Waals surface area contributed by atoms with Crippen molar-refractivity contribution in [1.29, 1.82) is 0 Å². The topological polar surface area (TPSA) is 58.8 Å². The van der Waals surface area contributed by atoms with Gasteiger partial charge < -0.3 is 15.4 Å². The van der Waals surface area contributed by atoms with Gasteiger partial charge >= 0.3 is 0 Å². The summed E-state index contributed by atoms with van der Waals surface area (Å²) in [6.07, 6.45) is 2.54. The molecule has 0 unspecified atom stereocenters. The van der Waals surface area contributed by atoms with Crippen LogP contribution in [0, 0.1) is 0 Å². The summed E-state index contributed by atoms with van der Waals surface area (Å²) >= 11 is 0. The number of amides is 1. The molecule has 1 aromatic carbocycles. The van der Waals surface area contributed by atoms with E-state index in [1.807, 2.05) is 0 Å². The lowest BCUT2D eigenvalue weighted by molar-refractivity contribution is -0.153. The first-order valence-electron chi connectivity index (χ1n) is 8.07. The average molecular weight is 303 g/mol. The zero-order chi connectivity index (χ0) is 15.6. The van der Waals surface area contributed by atoms with E-state index in [9.17, 15) is 4.79 Å². The van der Waals surface area contributed by atoms with Gasteiger partial charge in [-0.25, -0.2) is 0 Å². The number of ether oxygens (including phenoxy) is 1. The fourth-order valence-corrected chi connectivity index (χ4v) is 3.39. The third kappa shape index (κ3) is 3.10. The zero-order valence-electron chi connectivity index (χ0n) is 13.3. The summed E-state index contributed by atoms with van der Waals surface area (Å²) in [7, 11) is 0. The second-order valence-corrected chi connectivity index (χ2v) is 6.48. The molecule has 2 aliphatic rings. The van der Waals surface area contributed by atoms with Crippen LogP contribution in [0.4, 0.5) is 5.69 Å². The molecule has 120 valence electrons. The summed E-state index contributed by atoms with van der Waals surface area (Å²) in [6.45, 7) is 6.82. The Hall–Kier alpha value is -1.59. The van der Waals surface area contributed by atoms with Crippen LogP contribution in [0.15, 0.2) is 24.3 Å². The maximum atomic E-state index is 11.6. The fourth-order valence-electron chi connectivity index (χ4n) is 3.39. The number of anilines is 1. The van der Waals surface area contributed by atoms with E-state index < -0.39 is 5.60 Å². The van der Waals surface area contributed by atoms with Crippen molar-refractivity contribution in [1.82, 2.24) is 4.90 Å². The molecule has 2 fully saturated rings. The molecule has 0 bridgehead atoms. The Kier molecular flexibility index (Phi) is 4.36. The maximum Gasteiger partial charge on any atom is 0.250 e. The van der Waals surface area contributed by atoms with E-state index in [2.05, 4.69) is 34.1 Å². The Morgan fingerprint density at radius 2 is 2.00 bits per heavy atom. The van der Waals surface area contributed by atoms with Gasteiger partial charge in [0.1, 0.15) is 0 Å². The van der Waals surface area contributed by atoms with E-state index in [1.165, 1.54) is 24.1 Å². The zero-order valence-corrected chi connectivity index (χ0v) is 13.3. The molecule has 0 spiro atoms. The van der Waals surface area contributed by atoms with Crippen LogP contribution in [0.25, 0.3) is 0 Å². The molecule has 1 aromatic rings. The molecule has 5 heteroatoms. The molecule has 1 amide bonds. The van der Waals surface area contributed by atoms with Crippen LogP contribution in [-0.2, 0) is 16.1 Å². The Morgan fingerprint density at radius 1 is 1.27 bits per heavy atom. The Balaban J connectivity index is 1.74. The summed E-state index contributed by atoms with van der Waals surface area (Å²) in [4.78, 5) is 16.3. The lowest BCUT2D eigenvalue weighted by atomic mass is 10.0. The number of rotatable bonds is 4. The lowest BCUT2D eigenvalue weighted by Gasteiger charge is -2.38.